The molecular weight excluding hydrogens is 254 g/mol. The minimum absolute atomic E-state index is 0.280. The van der Waals surface area contributed by atoms with Crippen LogP contribution in [-0.2, 0) is 13.1 Å². The van der Waals surface area contributed by atoms with Crippen LogP contribution >= 0.6 is 0 Å². The summed E-state index contributed by atoms with van der Waals surface area (Å²) >= 11 is 0. The van der Waals surface area contributed by atoms with Gasteiger partial charge in [0.15, 0.2) is 5.65 Å². The van der Waals surface area contributed by atoms with E-state index < -0.39 is 0 Å². The van der Waals surface area contributed by atoms with Gasteiger partial charge in [-0.3, -0.25) is 0 Å². The second-order valence-corrected chi connectivity index (χ2v) is 4.95. The maximum atomic E-state index is 5.55. The summed E-state index contributed by atoms with van der Waals surface area (Å²) < 4.78 is 3.88. The van der Waals surface area contributed by atoms with Crippen LogP contribution in [0.4, 0.5) is 0 Å². The summed E-state index contributed by atoms with van der Waals surface area (Å²) in [5, 5.41) is 8.06. The van der Waals surface area contributed by atoms with Crippen molar-refractivity contribution in [2.45, 2.75) is 33.0 Å². The van der Waals surface area contributed by atoms with Crippen LogP contribution in [0, 0.1) is 0 Å². The molecule has 0 amide bonds. The maximum absolute atomic E-state index is 5.55. The molecule has 0 fully saturated rings. The van der Waals surface area contributed by atoms with Gasteiger partial charge in [-0.2, -0.15) is 0 Å². The normalized spacial score (nSPS) is 11.6. The second-order valence-electron chi connectivity index (χ2n) is 4.95. The lowest BCUT2D eigenvalue weighted by atomic mass is 10.3. The van der Waals surface area contributed by atoms with E-state index in [4.69, 9.17) is 5.73 Å². The molecule has 2 N–H and O–H groups in total. The molecule has 3 aromatic heterocycles. The Hall–Kier alpha value is -2.28. The van der Waals surface area contributed by atoms with Gasteiger partial charge in [-0.15, -0.1) is 5.10 Å². The number of pyridine rings is 1. The van der Waals surface area contributed by atoms with Crippen LogP contribution in [0.2, 0.25) is 0 Å². The molecule has 0 aliphatic heterocycles. The molecule has 20 heavy (non-hydrogen) atoms. The van der Waals surface area contributed by atoms with Crippen molar-refractivity contribution in [3.05, 3.63) is 36.0 Å². The number of hydrogen-bond donors (Lipinski definition) is 1. The van der Waals surface area contributed by atoms with Crippen molar-refractivity contribution < 1.29 is 0 Å². The van der Waals surface area contributed by atoms with Gasteiger partial charge in [-0.05, 0) is 26.0 Å². The minimum Gasteiger partial charge on any atom is -0.325 e. The van der Waals surface area contributed by atoms with Crippen LogP contribution in [0.25, 0.3) is 11.2 Å². The first-order chi connectivity index (χ1) is 9.69. The van der Waals surface area contributed by atoms with E-state index in [1.807, 2.05) is 18.3 Å². The average Bonchev–Trinajstić information content (AvgIpc) is 3.02. The standard InChI is InChI=1S/C13H17N7/c1-9(2)20-12(8-19-7-10(6-14)17-18-19)16-11-4-3-5-15-13(11)20/h3-5,7,9H,6,8,14H2,1-2H3. The summed E-state index contributed by atoms with van der Waals surface area (Å²) in [6.07, 6.45) is 3.63. The van der Waals surface area contributed by atoms with Crippen molar-refractivity contribution in [3.8, 4) is 0 Å². The third kappa shape index (κ3) is 2.16. The van der Waals surface area contributed by atoms with E-state index in [-0.39, 0.29) is 6.04 Å². The van der Waals surface area contributed by atoms with Crippen molar-refractivity contribution in [1.82, 2.24) is 29.5 Å². The van der Waals surface area contributed by atoms with Gasteiger partial charge in [0.1, 0.15) is 17.9 Å². The van der Waals surface area contributed by atoms with E-state index in [0.717, 1.165) is 22.7 Å². The highest BCUT2D eigenvalue weighted by molar-refractivity contribution is 5.71. The number of imidazole rings is 1. The molecule has 0 unspecified atom stereocenters. The molecule has 104 valence electrons. The van der Waals surface area contributed by atoms with Gasteiger partial charge in [0.25, 0.3) is 0 Å². The van der Waals surface area contributed by atoms with Crippen LogP contribution < -0.4 is 5.73 Å². The predicted molar refractivity (Wildman–Crippen MR) is 74.9 cm³/mol. The summed E-state index contributed by atoms with van der Waals surface area (Å²) in [4.78, 5) is 9.07. The molecule has 3 aromatic rings. The molecule has 0 aromatic carbocycles. The average molecular weight is 271 g/mol. The fraction of sp³-hybridized carbons (Fsp3) is 0.385. The third-order valence-corrected chi connectivity index (χ3v) is 3.14. The molecule has 0 saturated heterocycles. The highest BCUT2D eigenvalue weighted by atomic mass is 15.4. The largest absolute Gasteiger partial charge is 0.325 e. The van der Waals surface area contributed by atoms with Crippen molar-refractivity contribution >= 4 is 11.2 Å². The van der Waals surface area contributed by atoms with Gasteiger partial charge in [0, 0.05) is 18.8 Å². The first-order valence-electron chi connectivity index (χ1n) is 6.60. The maximum Gasteiger partial charge on any atom is 0.160 e. The van der Waals surface area contributed by atoms with Crippen molar-refractivity contribution in [3.63, 3.8) is 0 Å². The monoisotopic (exact) mass is 271 g/mol. The van der Waals surface area contributed by atoms with E-state index >= 15 is 0 Å². The number of fused-ring (bicyclic) bond motifs is 1. The highest BCUT2D eigenvalue weighted by Crippen LogP contribution is 2.19. The zero-order valence-corrected chi connectivity index (χ0v) is 11.6. The molecule has 7 heteroatoms. The number of nitrogens with zero attached hydrogens (tertiary/aromatic N) is 6. The SMILES string of the molecule is CC(C)n1c(Cn2cc(CN)nn2)nc2cccnc21. The lowest BCUT2D eigenvalue weighted by Crippen LogP contribution is -2.11. The quantitative estimate of drug-likeness (QED) is 0.768. The lowest BCUT2D eigenvalue weighted by Gasteiger charge is -2.11. The molecule has 0 saturated carbocycles. The van der Waals surface area contributed by atoms with Crippen LogP contribution in [0.1, 0.15) is 31.4 Å². The minimum atomic E-state index is 0.280. The molecule has 0 radical (unpaired) electrons. The molecule has 0 spiro atoms. The summed E-state index contributed by atoms with van der Waals surface area (Å²) in [6, 6.07) is 4.14. The zero-order chi connectivity index (χ0) is 14.1. The van der Waals surface area contributed by atoms with Crippen LogP contribution in [0.15, 0.2) is 24.5 Å². The molecule has 0 aliphatic rings. The molecule has 7 nitrogen and oxygen atoms in total. The molecule has 0 aliphatic carbocycles. The third-order valence-electron chi connectivity index (χ3n) is 3.14. The Bertz CT molecular complexity index is 725. The Morgan fingerprint density at radius 1 is 1.35 bits per heavy atom. The smallest absolute Gasteiger partial charge is 0.160 e. The first-order valence-corrected chi connectivity index (χ1v) is 6.60. The summed E-state index contributed by atoms with van der Waals surface area (Å²) in [5.74, 6) is 0.919. The molecule has 0 atom stereocenters. The molecule has 0 bridgehead atoms. The molecule has 3 rings (SSSR count). The lowest BCUT2D eigenvalue weighted by molar-refractivity contribution is 0.540. The van der Waals surface area contributed by atoms with Gasteiger partial charge in [-0.1, -0.05) is 5.21 Å². The number of hydrogen-bond acceptors (Lipinski definition) is 5. The van der Waals surface area contributed by atoms with Crippen molar-refractivity contribution in [1.29, 1.82) is 0 Å². The summed E-state index contributed by atoms with van der Waals surface area (Å²) in [7, 11) is 0. The van der Waals surface area contributed by atoms with Crippen LogP contribution in [0.3, 0.4) is 0 Å². The topological polar surface area (TPSA) is 87.4 Å². The Balaban J connectivity index is 2.03. The number of nitrogens with two attached hydrogens (primary N) is 1. The second kappa shape index (κ2) is 5.01. The Morgan fingerprint density at radius 3 is 2.90 bits per heavy atom. The van der Waals surface area contributed by atoms with E-state index in [1.54, 1.807) is 10.9 Å². The van der Waals surface area contributed by atoms with Gasteiger partial charge in [0.2, 0.25) is 0 Å². The van der Waals surface area contributed by atoms with Crippen LogP contribution in [-0.4, -0.2) is 29.5 Å². The fourth-order valence-electron chi connectivity index (χ4n) is 2.28. The summed E-state index contributed by atoms with van der Waals surface area (Å²) in [6.45, 7) is 5.18. The van der Waals surface area contributed by atoms with Gasteiger partial charge in [0.05, 0.1) is 11.9 Å². The van der Waals surface area contributed by atoms with Crippen LogP contribution in [0.5, 0.6) is 0 Å². The highest BCUT2D eigenvalue weighted by Gasteiger charge is 2.14. The fourth-order valence-corrected chi connectivity index (χ4v) is 2.28. The van der Waals surface area contributed by atoms with E-state index in [9.17, 15) is 0 Å². The van der Waals surface area contributed by atoms with Gasteiger partial charge < -0.3 is 10.3 Å². The van der Waals surface area contributed by atoms with E-state index in [0.29, 0.717) is 13.1 Å². The number of aromatic nitrogens is 6. The van der Waals surface area contributed by atoms with E-state index in [2.05, 4.69) is 38.7 Å². The van der Waals surface area contributed by atoms with Gasteiger partial charge >= 0.3 is 0 Å². The molecular formula is C13H17N7. The van der Waals surface area contributed by atoms with Crippen molar-refractivity contribution in [2.24, 2.45) is 5.73 Å². The van der Waals surface area contributed by atoms with Crippen molar-refractivity contribution in [2.75, 3.05) is 0 Å². The summed E-state index contributed by atoms with van der Waals surface area (Å²) in [5.41, 5.74) is 8.12. The molecule has 3 heterocycles. The first kappa shape index (κ1) is 12.7. The number of rotatable bonds is 4. The van der Waals surface area contributed by atoms with E-state index in [1.165, 1.54) is 0 Å². The zero-order valence-electron chi connectivity index (χ0n) is 11.6. The predicted octanol–water partition coefficient (Wildman–Crippen LogP) is 1.11. The Labute approximate surface area is 116 Å². The van der Waals surface area contributed by atoms with Gasteiger partial charge in [-0.25, -0.2) is 14.6 Å². The Kier molecular flexibility index (Phi) is 3.19. The Morgan fingerprint density at radius 2 is 2.20 bits per heavy atom.